The number of ether oxygens (including phenoxy) is 2. The molecule has 4 rings (SSSR count). The number of carbonyl (C=O) groups is 1. The fraction of sp³-hybridized carbons (Fsp3) is 0.278. The molecule has 2 aliphatic rings. The summed E-state index contributed by atoms with van der Waals surface area (Å²) in [6.07, 6.45) is 0. The van der Waals surface area contributed by atoms with E-state index in [0.717, 1.165) is 5.69 Å². The van der Waals surface area contributed by atoms with Crippen molar-refractivity contribution in [1.82, 2.24) is 4.90 Å². The van der Waals surface area contributed by atoms with Crippen LogP contribution in [0.1, 0.15) is 10.4 Å². The monoisotopic (exact) mass is 389 g/mol. The number of rotatable bonds is 3. The molecular weight excluding hydrogens is 374 g/mol. The Hall–Kier alpha value is -3.00. The van der Waals surface area contributed by atoms with Gasteiger partial charge in [-0.05, 0) is 24.3 Å². The number of non-ortho nitro benzene ring substituents is 1. The zero-order valence-corrected chi connectivity index (χ0v) is 15.0. The van der Waals surface area contributed by atoms with Gasteiger partial charge in [0.05, 0.1) is 9.95 Å². The van der Waals surface area contributed by atoms with Gasteiger partial charge in [-0.25, -0.2) is 0 Å². The molecule has 0 bridgehead atoms. The molecule has 0 saturated carbocycles. The van der Waals surface area contributed by atoms with Crippen LogP contribution in [0, 0.1) is 10.1 Å². The maximum Gasteiger partial charge on any atom is 0.269 e. The third-order valence-corrected chi connectivity index (χ3v) is 4.95. The number of hydrogen-bond acceptors (Lipinski definition) is 6. The van der Waals surface area contributed by atoms with Gasteiger partial charge in [0, 0.05) is 49.6 Å². The second-order valence-corrected chi connectivity index (χ2v) is 6.65. The average molecular weight is 390 g/mol. The fourth-order valence-electron chi connectivity index (χ4n) is 3.23. The molecule has 2 aromatic rings. The summed E-state index contributed by atoms with van der Waals surface area (Å²) in [6.45, 7) is 2.47. The van der Waals surface area contributed by atoms with Gasteiger partial charge in [0.2, 0.25) is 6.79 Å². The topological polar surface area (TPSA) is 85.2 Å². The van der Waals surface area contributed by atoms with Gasteiger partial charge in [0.15, 0.2) is 11.5 Å². The molecule has 0 N–H and O–H groups in total. The predicted molar refractivity (Wildman–Crippen MR) is 98.8 cm³/mol. The smallest absolute Gasteiger partial charge is 0.269 e. The normalized spacial score (nSPS) is 15.7. The van der Waals surface area contributed by atoms with Gasteiger partial charge in [-0.15, -0.1) is 0 Å². The van der Waals surface area contributed by atoms with Crippen molar-refractivity contribution < 1.29 is 19.2 Å². The van der Waals surface area contributed by atoms with Gasteiger partial charge in [0.1, 0.15) is 0 Å². The minimum Gasteiger partial charge on any atom is -0.454 e. The highest BCUT2D eigenvalue weighted by Crippen LogP contribution is 2.40. The quantitative estimate of drug-likeness (QED) is 0.592. The summed E-state index contributed by atoms with van der Waals surface area (Å²) < 4.78 is 10.6. The van der Waals surface area contributed by atoms with E-state index >= 15 is 0 Å². The van der Waals surface area contributed by atoms with E-state index in [2.05, 4.69) is 4.90 Å². The van der Waals surface area contributed by atoms with E-state index in [0.29, 0.717) is 48.3 Å². The number of benzene rings is 2. The molecule has 0 unspecified atom stereocenters. The molecule has 27 heavy (non-hydrogen) atoms. The number of nitro benzene ring substituents is 1. The van der Waals surface area contributed by atoms with Gasteiger partial charge in [-0.2, -0.15) is 0 Å². The summed E-state index contributed by atoms with van der Waals surface area (Å²) in [6, 6.07) is 9.68. The Labute approximate surface area is 160 Å². The Bertz CT molecular complexity index is 895. The maximum atomic E-state index is 12.8. The molecule has 140 valence electrons. The molecule has 2 aliphatic heterocycles. The zero-order chi connectivity index (χ0) is 19.0. The standard InChI is InChI=1S/C18H16ClN3O5/c19-15-9-12(10-16-17(15)27-11-26-16)18(23)21-7-5-20(6-8-21)13-1-3-14(4-2-13)22(24)25/h1-4,9-10H,5-8,11H2. The second kappa shape index (κ2) is 6.96. The summed E-state index contributed by atoms with van der Waals surface area (Å²) in [7, 11) is 0. The first kappa shape index (κ1) is 17.4. The van der Waals surface area contributed by atoms with Gasteiger partial charge in [-0.1, -0.05) is 11.6 Å². The van der Waals surface area contributed by atoms with Crippen LogP contribution in [0.4, 0.5) is 11.4 Å². The van der Waals surface area contributed by atoms with Crippen molar-refractivity contribution in [2.75, 3.05) is 37.9 Å². The Morgan fingerprint density at radius 2 is 1.78 bits per heavy atom. The van der Waals surface area contributed by atoms with Crippen LogP contribution in [0.3, 0.4) is 0 Å². The lowest BCUT2D eigenvalue weighted by molar-refractivity contribution is -0.384. The van der Waals surface area contributed by atoms with Crippen LogP contribution in [0.5, 0.6) is 11.5 Å². The maximum absolute atomic E-state index is 12.8. The van der Waals surface area contributed by atoms with Crippen molar-refractivity contribution in [3.05, 3.63) is 57.1 Å². The number of nitro groups is 1. The first-order chi connectivity index (χ1) is 13.0. The lowest BCUT2D eigenvalue weighted by Gasteiger charge is -2.36. The lowest BCUT2D eigenvalue weighted by atomic mass is 10.1. The van der Waals surface area contributed by atoms with Gasteiger partial charge in [0.25, 0.3) is 11.6 Å². The average Bonchev–Trinajstić information content (AvgIpc) is 3.17. The van der Waals surface area contributed by atoms with E-state index in [4.69, 9.17) is 21.1 Å². The second-order valence-electron chi connectivity index (χ2n) is 6.24. The van der Waals surface area contributed by atoms with Crippen LogP contribution in [0.2, 0.25) is 5.02 Å². The molecule has 2 heterocycles. The number of hydrogen-bond donors (Lipinski definition) is 0. The zero-order valence-electron chi connectivity index (χ0n) is 14.3. The molecule has 9 heteroatoms. The van der Waals surface area contributed by atoms with E-state index in [-0.39, 0.29) is 18.4 Å². The van der Waals surface area contributed by atoms with E-state index in [1.165, 1.54) is 12.1 Å². The SMILES string of the molecule is O=C(c1cc(Cl)c2c(c1)OCO2)N1CCN(c2ccc([N+](=O)[O-])cc2)CC1. The fourth-order valence-corrected chi connectivity index (χ4v) is 3.49. The molecule has 0 spiro atoms. The highest BCUT2D eigenvalue weighted by Gasteiger charge is 2.26. The Balaban J connectivity index is 1.42. The van der Waals surface area contributed by atoms with Crippen molar-refractivity contribution in [3.8, 4) is 11.5 Å². The number of piperazine rings is 1. The Morgan fingerprint density at radius 3 is 2.44 bits per heavy atom. The van der Waals surface area contributed by atoms with E-state index in [9.17, 15) is 14.9 Å². The third kappa shape index (κ3) is 3.35. The molecule has 2 aromatic carbocycles. The predicted octanol–water partition coefficient (Wildman–Crippen LogP) is 2.94. The third-order valence-electron chi connectivity index (χ3n) is 4.67. The highest BCUT2D eigenvalue weighted by molar-refractivity contribution is 6.32. The van der Waals surface area contributed by atoms with Crippen molar-refractivity contribution in [3.63, 3.8) is 0 Å². The van der Waals surface area contributed by atoms with E-state index < -0.39 is 4.92 Å². The summed E-state index contributed by atoms with van der Waals surface area (Å²) in [5, 5.41) is 11.1. The minimum atomic E-state index is -0.420. The number of amides is 1. The van der Waals surface area contributed by atoms with Crippen LogP contribution in [0.25, 0.3) is 0 Å². The molecule has 0 aromatic heterocycles. The molecule has 0 atom stereocenters. The number of nitrogens with zero attached hydrogens (tertiary/aromatic N) is 3. The van der Waals surface area contributed by atoms with Crippen LogP contribution in [0.15, 0.2) is 36.4 Å². The highest BCUT2D eigenvalue weighted by atomic mass is 35.5. The van der Waals surface area contributed by atoms with Crippen molar-refractivity contribution in [1.29, 1.82) is 0 Å². The van der Waals surface area contributed by atoms with Crippen LogP contribution >= 0.6 is 11.6 Å². The number of halogens is 1. The van der Waals surface area contributed by atoms with Crippen LogP contribution in [-0.2, 0) is 0 Å². The van der Waals surface area contributed by atoms with Crippen molar-refractivity contribution in [2.45, 2.75) is 0 Å². The molecule has 1 saturated heterocycles. The molecule has 1 amide bonds. The van der Waals surface area contributed by atoms with E-state index in [1.807, 2.05) is 0 Å². The first-order valence-electron chi connectivity index (χ1n) is 8.41. The summed E-state index contributed by atoms with van der Waals surface area (Å²) in [5.74, 6) is 0.838. The van der Waals surface area contributed by atoms with Crippen LogP contribution < -0.4 is 14.4 Å². The van der Waals surface area contributed by atoms with Crippen molar-refractivity contribution >= 4 is 28.9 Å². The molecular formula is C18H16ClN3O5. The van der Waals surface area contributed by atoms with Crippen LogP contribution in [-0.4, -0.2) is 48.7 Å². The van der Waals surface area contributed by atoms with Gasteiger partial charge >= 0.3 is 0 Å². The minimum absolute atomic E-state index is 0.0623. The number of carbonyl (C=O) groups excluding carboxylic acids is 1. The molecule has 1 fully saturated rings. The lowest BCUT2D eigenvalue weighted by Crippen LogP contribution is -2.48. The summed E-state index contributed by atoms with van der Waals surface area (Å²) in [4.78, 5) is 27.0. The molecule has 8 nitrogen and oxygen atoms in total. The molecule has 0 aliphatic carbocycles. The Kier molecular flexibility index (Phi) is 4.49. The summed E-state index contributed by atoms with van der Waals surface area (Å²) in [5.41, 5.74) is 1.43. The summed E-state index contributed by atoms with van der Waals surface area (Å²) >= 11 is 6.16. The van der Waals surface area contributed by atoms with E-state index in [1.54, 1.807) is 29.2 Å². The largest absolute Gasteiger partial charge is 0.454 e. The van der Waals surface area contributed by atoms with Crippen molar-refractivity contribution in [2.24, 2.45) is 0 Å². The number of anilines is 1. The molecule has 0 radical (unpaired) electrons. The number of fused-ring (bicyclic) bond motifs is 1. The Morgan fingerprint density at radius 1 is 1.07 bits per heavy atom. The van der Waals surface area contributed by atoms with Gasteiger partial charge in [-0.3, -0.25) is 14.9 Å². The van der Waals surface area contributed by atoms with Gasteiger partial charge < -0.3 is 19.3 Å². The first-order valence-corrected chi connectivity index (χ1v) is 8.78.